The SMILES string of the molecule is CN=C(NCCc1ccc(NC(=O)OC(C)(C)C)cc1)NCc1nc(C)no1.I. The van der Waals surface area contributed by atoms with Crippen LogP contribution in [0.1, 0.15) is 38.0 Å². The van der Waals surface area contributed by atoms with Gasteiger partial charge < -0.3 is 19.9 Å². The standard InChI is InChI=1S/C19H28N6O3.HI/c1-13-23-16(28-25-13)12-22-17(20-5)21-11-10-14-6-8-15(9-7-14)24-18(26)27-19(2,3)4;/h6-9H,10-12H2,1-5H3,(H,24,26)(H2,20,21,22);1H. The molecule has 0 aliphatic carbocycles. The Balaban J connectivity index is 0.00000420. The van der Waals surface area contributed by atoms with E-state index < -0.39 is 11.7 Å². The van der Waals surface area contributed by atoms with Crippen molar-refractivity contribution in [2.75, 3.05) is 18.9 Å². The summed E-state index contributed by atoms with van der Waals surface area (Å²) < 4.78 is 10.3. The summed E-state index contributed by atoms with van der Waals surface area (Å²) in [5.74, 6) is 1.76. The fraction of sp³-hybridized carbons (Fsp3) is 0.474. The van der Waals surface area contributed by atoms with Crippen LogP contribution in [-0.4, -0.2) is 41.4 Å². The van der Waals surface area contributed by atoms with Gasteiger partial charge >= 0.3 is 6.09 Å². The van der Waals surface area contributed by atoms with Crippen LogP contribution in [0.25, 0.3) is 0 Å². The molecule has 2 rings (SSSR count). The van der Waals surface area contributed by atoms with Crippen molar-refractivity contribution in [2.24, 2.45) is 4.99 Å². The molecule has 1 heterocycles. The number of carbonyl (C=O) groups excluding carboxylic acids is 1. The summed E-state index contributed by atoms with van der Waals surface area (Å²) >= 11 is 0. The molecule has 1 amide bonds. The van der Waals surface area contributed by atoms with Gasteiger partial charge in [0.15, 0.2) is 11.8 Å². The number of aryl methyl sites for hydroxylation is 1. The Labute approximate surface area is 188 Å². The number of aromatic nitrogens is 2. The van der Waals surface area contributed by atoms with E-state index in [2.05, 4.69) is 31.1 Å². The number of nitrogens with zero attached hydrogens (tertiary/aromatic N) is 3. The molecule has 0 aliphatic rings. The molecule has 160 valence electrons. The number of nitrogens with one attached hydrogen (secondary N) is 3. The van der Waals surface area contributed by atoms with Crippen LogP contribution in [0.2, 0.25) is 0 Å². The summed E-state index contributed by atoms with van der Waals surface area (Å²) in [6.45, 7) is 8.36. The Morgan fingerprint density at radius 3 is 2.45 bits per heavy atom. The van der Waals surface area contributed by atoms with Crippen molar-refractivity contribution < 1.29 is 14.1 Å². The van der Waals surface area contributed by atoms with Crippen LogP contribution in [0.5, 0.6) is 0 Å². The number of anilines is 1. The van der Waals surface area contributed by atoms with Gasteiger partial charge in [-0.05, 0) is 51.8 Å². The molecular weight excluding hydrogens is 487 g/mol. The summed E-state index contributed by atoms with van der Waals surface area (Å²) in [7, 11) is 1.70. The predicted molar refractivity (Wildman–Crippen MR) is 123 cm³/mol. The maximum atomic E-state index is 11.8. The van der Waals surface area contributed by atoms with E-state index in [1.807, 2.05) is 45.0 Å². The smallest absolute Gasteiger partial charge is 0.412 e. The molecule has 2 aromatic rings. The van der Waals surface area contributed by atoms with Crippen molar-refractivity contribution in [3.63, 3.8) is 0 Å². The quantitative estimate of drug-likeness (QED) is 0.307. The summed E-state index contributed by atoms with van der Waals surface area (Å²) in [6, 6.07) is 7.63. The van der Waals surface area contributed by atoms with Crippen LogP contribution in [0.3, 0.4) is 0 Å². The van der Waals surface area contributed by atoms with Gasteiger partial charge in [-0.3, -0.25) is 10.3 Å². The first kappa shape index (κ1) is 24.7. The molecule has 0 saturated heterocycles. The lowest BCUT2D eigenvalue weighted by Gasteiger charge is -2.19. The Bertz CT molecular complexity index is 799. The third-order valence-electron chi connectivity index (χ3n) is 3.51. The highest BCUT2D eigenvalue weighted by Gasteiger charge is 2.16. The van der Waals surface area contributed by atoms with Crippen LogP contribution in [-0.2, 0) is 17.7 Å². The second-order valence-corrected chi connectivity index (χ2v) is 7.16. The van der Waals surface area contributed by atoms with Gasteiger partial charge in [-0.25, -0.2) is 4.79 Å². The third-order valence-corrected chi connectivity index (χ3v) is 3.51. The van der Waals surface area contributed by atoms with Crippen LogP contribution in [0, 0.1) is 6.92 Å². The van der Waals surface area contributed by atoms with E-state index in [-0.39, 0.29) is 24.0 Å². The fourth-order valence-corrected chi connectivity index (χ4v) is 2.29. The summed E-state index contributed by atoms with van der Waals surface area (Å²) in [5.41, 5.74) is 1.30. The first-order valence-electron chi connectivity index (χ1n) is 9.08. The largest absolute Gasteiger partial charge is 0.444 e. The second kappa shape index (κ2) is 11.6. The highest BCUT2D eigenvalue weighted by molar-refractivity contribution is 14.0. The molecule has 0 saturated carbocycles. The molecule has 9 nitrogen and oxygen atoms in total. The van der Waals surface area contributed by atoms with Gasteiger partial charge in [0.05, 0.1) is 6.54 Å². The number of guanidine groups is 1. The monoisotopic (exact) mass is 516 g/mol. The van der Waals surface area contributed by atoms with Gasteiger partial charge in [0.2, 0.25) is 5.89 Å². The lowest BCUT2D eigenvalue weighted by molar-refractivity contribution is 0.0636. The number of rotatable bonds is 6. The number of benzene rings is 1. The van der Waals surface area contributed by atoms with Gasteiger partial charge in [0.25, 0.3) is 0 Å². The molecule has 0 unspecified atom stereocenters. The number of amides is 1. The molecule has 1 aromatic carbocycles. The lowest BCUT2D eigenvalue weighted by atomic mass is 10.1. The first-order valence-corrected chi connectivity index (χ1v) is 9.08. The van der Waals surface area contributed by atoms with Gasteiger partial charge in [0, 0.05) is 19.3 Å². The van der Waals surface area contributed by atoms with E-state index in [0.717, 1.165) is 12.0 Å². The Kier molecular flexibility index (Phi) is 9.86. The fourth-order valence-electron chi connectivity index (χ4n) is 2.29. The van der Waals surface area contributed by atoms with Crippen molar-refractivity contribution in [3.8, 4) is 0 Å². The molecule has 0 atom stereocenters. The highest BCUT2D eigenvalue weighted by Crippen LogP contribution is 2.13. The molecule has 0 radical (unpaired) electrons. The third kappa shape index (κ3) is 9.59. The number of ether oxygens (including phenoxy) is 1. The Hall–Kier alpha value is -2.37. The maximum Gasteiger partial charge on any atom is 0.412 e. The molecule has 0 bridgehead atoms. The number of carbonyl (C=O) groups is 1. The molecular formula is C19H29IN6O3. The van der Waals surface area contributed by atoms with Crippen LogP contribution < -0.4 is 16.0 Å². The minimum atomic E-state index is -0.523. The molecule has 0 spiro atoms. The van der Waals surface area contributed by atoms with E-state index in [1.54, 1.807) is 14.0 Å². The van der Waals surface area contributed by atoms with E-state index in [4.69, 9.17) is 9.26 Å². The van der Waals surface area contributed by atoms with Gasteiger partial charge in [-0.2, -0.15) is 4.98 Å². The van der Waals surface area contributed by atoms with E-state index in [1.165, 1.54) is 0 Å². The minimum Gasteiger partial charge on any atom is -0.444 e. The van der Waals surface area contributed by atoms with Gasteiger partial charge in [0.1, 0.15) is 5.60 Å². The number of aliphatic imine (C=N–C) groups is 1. The van der Waals surface area contributed by atoms with Crippen molar-refractivity contribution in [1.29, 1.82) is 0 Å². The lowest BCUT2D eigenvalue weighted by Crippen LogP contribution is -2.37. The average Bonchev–Trinajstić information content (AvgIpc) is 3.03. The predicted octanol–water partition coefficient (Wildman–Crippen LogP) is 3.25. The summed E-state index contributed by atoms with van der Waals surface area (Å²) in [6.07, 6.45) is 0.334. The summed E-state index contributed by atoms with van der Waals surface area (Å²) in [5, 5.41) is 12.8. The van der Waals surface area contributed by atoms with E-state index in [0.29, 0.717) is 36.5 Å². The normalized spacial score (nSPS) is 11.4. The van der Waals surface area contributed by atoms with Crippen molar-refractivity contribution in [2.45, 2.75) is 46.3 Å². The zero-order chi connectivity index (χ0) is 20.6. The number of hydrogen-bond donors (Lipinski definition) is 3. The van der Waals surface area contributed by atoms with Crippen molar-refractivity contribution in [1.82, 2.24) is 20.8 Å². The molecule has 10 heteroatoms. The molecule has 3 N–H and O–H groups in total. The van der Waals surface area contributed by atoms with Crippen molar-refractivity contribution in [3.05, 3.63) is 41.5 Å². The van der Waals surface area contributed by atoms with E-state index >= 15 is 0 Å². The van der Waals surface area contributed by atoms with Crippen LogP contribution >= 0.6 is 24.0 Å². The summed E-state index contributed by atoms with van der Waals surface area (Å²) in [4.78, 5) is 20.1. The highest BCUT2D eigenvalue weighted by atomic mass is 127. The molecule has 0 aliphatic heterocycles. The minimum absolute atomic E-state index is 0. The maximum absolute atomic E-state index is 11.8. The Morgan fingerprint density at radius 1 is 1.21 bits per heavy atom. The zero-order valence-corrected chi connectivity index (χ0v) is 19.7. The number of hydrogen-bond acceptors (Lipinski definition) is 6. The zero-order valence-electron chi connectivity index (χ0n) is 17.4. The average molecular weight is 516 g/mol. The second-order valence-electron chi connectivity index (χ2n) is 7.16. The van der Waals surface area contributed by atoms with Crippen molar-refractivity contribution >= 4 is 41.7 Å². The van der Waals surface area contributed by atoms with Gasteiger partial charge in [-0.15, -0.1) is 24.0 Å². The first-order chi connectivity index (χ1) is 13.2. The van der Waals surface area contributed by atoms with Crippen LogP contribution in [0.15, 0.2) is 33.8 Å². The molecule has 1 aromatic heterocycles. The van der Waals surface area contributed by atoms with E-state index in [9.17, 15) is 4.79 Å². The molecule has 29 heavy (non-hydrogen) atoms. The number of halogens is 1. The van der Waals surface area contributed by atoms with Crippen LogP contribution in [0.4, 0.5) is 10.5 Å². The topological polar surface area (TPSA) is 114 Å². The molecule has 0 fully saturated rings. The Morgan fingerprint density at radius 2 is 1.90 bits per heavy atom. The van der Waals surface area contributed by atoms with Gasteiger partial charge in [-0.1, -0.05) is 17.3 Å².